The summed E-state index contributed by atoms with van der Waals surface area (Å²) in [6.45, 7) is 0. The Morgan fingerprint density at radius 3 is 1.84 bits per heavy atom. The highest BCUT2D eigenvalue weighted by Crippen LogP contribution is 2.45. The highest BCUT2D eigenvalue weighted by atomic mass is 15.0. The lowest BCUT2D eigenvalue weighted by atomic mass is 9.87. The Hall–Kier alpha value is -6.24. The molecule has 0 atom stereocenters. The summed E-state index contributed by atoms with van der Waals surface area (Å²) in [5.41, 5.74) is 8.48. The molecule has 0 aliphatic rings. The first-order valence-electron chi connectivity index (χ1n) is 15.2. The van der Waals surface area contributed by atoms with E-state index in [4.69, 9.17) is 0 Å². The second-order valence-corrected chi connectivity index (χ2v) is 11.9. The molecule has 0 spiro atoms. The van der Waals surface area contributed by atoms with Crippen LogP contribution in [-0.2, 0) is 0 Å². The maximum atomic E-state index is 9.87. The molecule has 10 rings (SSSR count). The van der Waals surface area contributed by atoms with Crippen LogP contribution in [0.25, 0.3) is 93.0 Å². The van der Waals surface area contributed by atoms with Crippen LogP contribution in [-0.4, -0.2) is 9.55 Å². The summed E-state index contributed by atoms with van der Waals surface area (Å²) in [6.07, 6.45) is 1.86. The molecule has 0 aliphatic heterocycles. The average Bonchev–Trinajstić information content (AvgIpc) is 3.44. The number of rotatable bonds is 3. The van der Waals surface area contributed by atoms with E-state index in [2.05, 4.69) is 119 Å². The minimum Gasteiger partial charge on any atom is -0.309 e. The fourth-order valence-electron chi connectivity index (χ4n) is 7.64. The second-order valence-electron chi connectivity index (χ2n) is 11.9. The molecule has 45 heavy (non-hydrogen) atoms. The van der Waals surface area contributed by atoms with Gasteiger partial charge in [0.25, 0.3) is 0 Å². The number of nitriles is 1. The maximum Gasteiger partial charge on any atom is 0.0992 e. The fraction of sp³-hybridized carbons (Fsp3) is 0. The first-order valence-corrected chi connectivity index (χ1v) is 15.2. The third-order valence-electron chi connectivity index (χ3n) is 9.53. The van der Waals surface area contributed by atoms with Gasteiger partial charge in [-0.15, -0.1) is 0 Å². The molecule has 0 fully saturated rings. The summed E-state index contributed by atoms with van der Waals surface area (Å²) in [5, 5.41) is 22.1. The van der Waals surface area contributed by atoms with Crippen LogP contribution in [0.15, 0.2) is 140 Å². The van der Waals surface area contributed by atoms with Crippen LogP contribution < -0.4 is 0 Å². The predicted molar refractivity (Wildman–Crippen MR) is 187 cm³/mol. The number of hydrogen-bond donors (Lipinski definition) is 0. The molecule has 8 aromatic carbocycles. The quantitative estimate of drug-likeness (QED) is 0.199. The molecule has 2 aromatic heterocycles. The third-order valence-corrected chi connectivity index (χ3v) is 9.53. The molecule has 2 heterocycles. The van der Waals surface area contributed by atoms with Gasteiger partial charge in [0, 0.05) is 28.2 Å². The smallest absolute Gasteiger partial charge is 0.0992 e. The highest BCUT2D eigenvalue weighted by molar-refractivity contribution is 6.29. The van der Waals surface area contributed by atoms with Gasteiger partial charge in [-0.05, 0) is 103 Å². The zero-order valence-corrected chi connectivity index (χ0v) is 24.1. The van der Waals surface area contributed by atoms with Gasteiger partial charge in [0.2, 0.25) is 0 Å². The van der Waals surface area contributed by atoms with Crippen molar-refractivity contribution in [2.24, 2.45) is 0 Å². The summed E-state index contributed by atoms with van der Waals surface area (Å²) in [7, 11) is 0. The molecule has 0 saturated heterocycles. The third kappa shape index (κ3) is 3.31. The van der Waals surface area contributed by atoms with Crippen LogP contribution in [0.2, 0.25) is 0 Å². The van der Waals surface area contributed by atoms with Crippen LogP contribution in [0.5, 0.6) is 0 Å². The van der Waals surface area contributed by atoms with Crippen molar-refractivity contribution in [1.29, 1.82) is 5.26 Å². The fourth-order valence-corrected chi connectivity index (χ4v) is 7.64. The Bertz CT molecular complexity index is 2800. The van der Waals surface area contributed by atoms with E-state index >= 15 is 0 Å². The van der Waals surface area contributed by atoms with Gasteiger partial charge < -0.3 is 4.57 Å². The summed E-state index contributed by atoms with van der Waals surface area (Å²) in [5.74, 6) is 0. The van der Waals surface area contributed by atoms with E-state index in [1.54, 1.807) is 0 Å². The number of hydrogen-bond acceptors (Lipinski definition) is 2. The Labute approximate surface area is 258 Å². The van der Waals surface area contributed by atoms with Crippen LogP contribution in [0.4, 0.5) is 0 Å². The Morgan fingerprint density at radius 1 is 0.511 bits per heavy atom. The molecule has 0 unspecified atom stereocenters. The molecular weight excluding hydrogens is 546 g/mol. The molecule has 0 N–H and O–H groups in total. The van der Waals surface area contributed by atoms with Crippen molar-refractivity contribution >= 4 is 64.9 Å². The predicted octanol–water partition coefficient (Wildman–Crippen LogP) is 10.9. The first kappa shape index (κ1) is 24.2. The normalized spacial score (nSPS) is 12.0. The van der Waals surface area contributed by atoms with Gasteiger partial charge >= 0.3 is 0 Å². The van der Waals surface area contributed by atoms with Crippen molar-refractivity contribution in [3.05, 3.63) is 145 Å². The van der Waals surface area contributed by atoms with Crippen molar-refractivity contribution in [2.75, 3.05) is 0 Å². The monoisotopic (exact) mass is 569 g/mol. The van der Waals surface area contributed by atoms with Crippen LogP contribution >= 0.6 is 0 Å². The largest absolute Gasteiger partial charge is 0.309 e. The van der Waals surface area contributed by atoms with E-state index in [-0.39, 0.29) is 0 Å². The molecule has 206 valence electrons. The summed E-state index contributed by atoms with van der Waals surface area (Å²) in [6, 6.07) is 50.0. The molecule has 0 amide bonds. The molecule has 0 radical (unpaired) electrons. The van der Waals surface area contributed by atoms with Crippen molar-refractivity contribution in [2.45, 2.75) is 0 Å². The number of pyridine rings is 1. The lowest BCUT2D eigenvalue weighted by molar-refractivity contribution is 1.18. The lowest BCUT2D eigenvalue weighted by Crippen LogP contribution is -1.94. The molecule has 3 heteroatoms. The lowest BCUT2D eigenvalue weighted by Gasteiger charge is -2.17. The SMILES string of the molecule is N#Cc1cc2ccc3cc(-c4ccc5ccc6c(-c7ccccn7)ccc7ccc4c5c76)cc4c3c2c(c1)n4-c1ccccc1. The number of nitrogens with zero attached hydrogens (tertiary/aromatic N) is 3. The van der Waals surface area contributed by atoms with Gasteiger partial charge in [-0.1, -0.05) is 84.9 Å². The Balaban J connectivity index is 1.31. The van der Waals surface area contributed by atoms with E-state index in [1.165, 1.54) is 59.6 Å². The Kier molecular flexibility index (Phi) is 4.79. The van der Waals surface area contributed by atoms with Gasteiger partial charge in [0.05, 0.1) is 28.4 Å². The maximum absolute atomic E-state index is 9.87. The van der Waals surface area contributed by atoms with Gasteiger partial charge in [-0.2, -0.15) is 5.26 Å². The molecule has 0 saturated carbocycles. The van der Waals surface area contributed by atoms with Gasteiger partial charge in [0.15, 0.2) is 0 Å². The molecule has 3 nitrogen and oxygen atoms in total. The van der Waals surface area contributed by atoms with Gasteiger partial charge in [-0.3, -0.25) is 4.98 Å². The number of para-hydroxylation sites is 1. The van der Waals surface area contributed by atoms with Crippen molar-refractivity contribution in [1.82, 2.24) is 9.55 Å². The standard InChI is InChI=1S/C42H23N3/c43-24-25-20-28-9-10-29-22-30(23-38-42(29)41(28)37(21-25)45(38)31-6-2-1-3-7-31)32-15-11-26-14-18-35-33(36-8-4-5-19-44-36)16-12-27-13-17-34(32)39(26)40(27)35/h1-23H. The number of aromatic nitrogens is 2. The van der Waals surface area contributed by atoms with Crippen molar-refractivity contribution < 1.29 is 0 Å². The topological polar surface area (TPSA) is 41.6 Å². The average molecular weight is 570 g/mol. The van der Waals surface area contributed by atoms with Crippen molar-refractivity contribution in [3.8, 4) is 34.1 Å². The highest BCUT2D eigenvalue weighted by Gasteiger charge is 2.20. The number of benzene rings is 8. The van der Waals surface area contributed by atoms with Gasteiger partial charge in [0.1, 0.15) is 0 Å². The van der Waals surface area contributed by atoms with Crippen LogP contribution in [0.1, 0.15) is 5.56 Å². The van der Waals surface area contributed by atoms with E-state index in [0.717, 1.165) is 33.4 Å². The first-order chi connectivity index (χ1) is 22.3. The van der Waals surface area contributed by atoms with Gasteiger partial charge in [-0.25, -0.2) is 0 Å². The molecule has 0 bridgehead atoms. The summed E-state index contributed by atoms with van der Waals surface area (Å²) in [4.78, 5) is 4.68. The van der Waals surface area contributed by atoms with Crippen LogP contribution in [0.3, 0.4) is 0 Å². The zero-order valence-electron chi connectivity index (χ0n) is 24.1. The Morgan fingerprint density at radius 2 is 1.13 bits per heavy atom. The van der Waals surface area contributed by atoms with Crippen LogP contribution in [0, 0.1) is 11.3 Å². The molecule has 0 aliphatic carbocycles. The molecular formula is C42H23N3. The van der Waals surface area contributed by atoms with E-state index in [1.807, 2.05) is 36.5 Å². The van der Waals surface area contributed by atoms with Crippen molar-refractivity contribution in [3.63, 3.8) is 0 Å². The molecule has 10 aromatic rings. The minimum atomic E-state index is 0.669. The minimum absolute atomic E-state index is 0.669. The summed E-state index contributed by atoms with van der Waals surface area (Å²) >= 11 is 0. The zero-order chi connectivity index (χ0) is 29.6. The summed E-state index contributed by atoms with van der Waals surface area (Å²) < 4.78 is 2.32. The van der Waals surface area contributed by atoms with E-state index in [9.17, 15) is 5.26 Å². The van der Waals surface area contributed by atoms with E-state index in [0.29, 0.717) is 5.56 Å². The second kappa shape index (κ2) is 8.89. The van der Waals surface area contributed by atoms with E-state index < -0.39 is 0 Å².